The van der Waals surface area contributed by atoms with E-state index in [2.05, 4.69) is 10.3 Å². The fourth-order valence-electron chi connectivity index (χ4n) is 3.80. The summed E-state index contributed by atoms with van der Waals surface area (Å²) in [5, 5.41) is 3.10. The van der Waals surface area contributed by atoms with Crippen molar-refractivity contribution in [1.82, 2.24) is 15.2 Å². The standard InChI is InChI=1S/C19H25N3O3/c1-13(16-9-5-11-24-16)20-19(23)22-10-4-6-14(12-22)18-21-15-7-2-3-8-17(15)25-18/h2-3,7-8,13-14,16H,4-6,9-12H2,1H3,(H,20,23)/t13-,14-,16-/m0/s1. The average molecular weight is 343 g/mol. The number of piperidine rings is 1. The fraction of sp³-hybridized carbons (Fsp3) is 0.579. The minimum Gasteiger partial charge on any atom is -0.440 e. The molecule has 6 nitrogen and oxygen atoms in total. The predicted molar refractivity (Wildman–Crippen MR) is 94.5 cm³/mol. The van der Waals surface area contributed by atoms with E-state index in [9.17, 15) is 4.79 Å². The minimum atomic E-state index is -0.0104. The first kappa shape index (κ1) is 16.4. The number of aromatic nitrogens is 1. The third-order valence-electron chi connectivity index (χ3n) is 5.24. The summed E-state index contributed by atoms with van der Waals surface area (Å²) in [6, 6.07) is 7.83. The van der Waals surface area contributed by atoms with Gasteiger partial charge in [-0.2, -0.15) is 0 Å². The van der Waals surface area contributed by atoms with Crippen molar-refractivity contribution in [3.8, 4) is 0 Å². The molecule has 0 unspecified atom stereocenters. The number of carbonyl (C=O) groups excluding carboxylic acids is 1. The molecule has 2 aliphatic heterocycles. The van der Waals surface area contributed by atoms with Crippen LogP contribution in [0.1, 0.15) is 44.4 Å². The van der Waals surface area contributed by atoms with Gasteiger partial charge in [-0.15, -0.1) is 0 Å². The van der Waals surface area contributed by atoms with Crippen molar-refractivity contribution >= 4 is 17.1 Å². The van der Waals surface area contributed by atoms with E-state index in [1.807, 2.05) is 36.1 Å². The van der Waals surface area contributed by atoms with E-state index >= 15 is 0 Å². The summed E-state index contributed by atoms with van der Waals surface area (Å²) >= 11 is 0. The van der Waals surface area contributed by atoms with Crippen LogP contribution in [0.25, 0.3) is 11.1 Å². The quantitative estimate of drug-likeness (QED) is 0.929. The van der Waals surface area contributed by atoms with Gasteiger partial charge in [0.2, 0.25) is 0 Å². The number of oxazole rings is 1. The molecule has 0 aliphatic carbocycles. The maximum Gasteiger partial charge on any atom is 0.317 e. The van der Waals surface area contributed by atoms with Crippen LogP contribution in [0.5, 0.6) is 0 Å². The molecule has 2 fully saturated rings. The van der Waals surface area contributed by atoms with Gasteiger partial charge in [0.05, 0.1) is 18.1 Å². The number of ether oxygens (including phenoxy) is 1. The lowest BCUT2D eigenvalue weighted by atomic mass is 9.98. The molecule has 3 heterocycles. The number of fused-ring (bicyclic) bond motifs is 1. The van der Waals surface area contributed by atoms with Crippen LogP contribution in [0.2, 0.25) is 0 Å². The van der Waals surface area contributed by atoms with Crippen molar-refractivity contribution in [2.75, 3.05) is 19.7 Å². The number of amides is 2. The molecule has 2 amide bonds. The van der Waals surface area contributed by atoms with Gasteiger partial charge in [0.15, 0.2) is 11.5 Å². The van der Waals surface area contributed by atoms with Crippen LogP contribution in [0, 0.1) is 0 Å². The maximum absolute atomic E-state index is 12.6. The van der Waals surface area contributed by atoms with Gasteiger partial charge in [-0.3, -0.25) is 0 Å². The Labute approximate surface area is 147 Å². The summed E-state index contributed by atoms with van der Waals surface area (Å²) in [5.41, 5.74) is 1.69. The Bertz CT molecular complexity index is 705. The molecule has 2 aromatic rings. The Hall–Kier alpha value is -2.08. The number of carbonyl (C=O) groups is 1. The summed E-state index contributed by atoms with van der Waals surface area (Å²) in [4.78, 5) is 19.1. The number of urea groups is 1. The van der Waals surface area contributed by atoms with Gasteiger partial charge in [0.1, 0.15) is 5.52 Å². The van der Waals surface area contributed by atoms with Gasteiger partial charge in [0, 0.05) is 19.7 Å². The molecular formula is C19H25N3O3. The van der Waals surface area contributed by atoms with E-state index in [1.54, 1.807) is 0 Å². The zero-order chi connectivity index (χ0) is 17.2. The van der Waals surface area contributed by atoms with E-state index in [0.717, 1.165) is 55.8 Å². The van der Waals surface area contributed by atoms with Crippen molar-refractivity contribution < 1.29 is 13.9 Å². The van der Waals surface area contributed by atoms with E-state index in [1.165, 1.54) is 0 Å². The molecule has 134 valence electrons. The number of nitrogens with one attached hydrogen (secondary N) is 1. The lowest BCUT2D eigenvalue weighted by Gasteiger charge is -2.33. The number of hydrogen-bond acceptors (Lipinski definition) is 4. The molecule has 25 heavy (non-hydrogen) atoms. The molecule has 0 spiro atoms. The molecule has 6 heteroatoms. The third kappa shape index (κ3) is 3.49. The molecular weight excluding hydrogens is 318 g/mol. The highest BCUT2D eigenvalue weighted by molar-refractivity contribution is 5.75. The third-order valence-corrected chi connectivity index (χ3v) is 5.24. The van der Waals surface area contributed by atoms with E-state index in [4.69, 9.17) is 9.15 Å². The molecule has 1 aromatic carbocycles. The number of para-hydroxylation sites is 2. The second-order valence-corrected chi connectivity index (χ2v) is 7.09. The second-order valence-electron chi connectivity index (χ2n) is 7.09. The van der Waals surface area contributed by atoms with Gasteiger partial charge < -0.3 is 19.4 Å². The SMILES string of the molecule is C[C@H](NC(=O)N1CCC[C@H](c2nc3ccccc3o2)C1)[C@@H]1CCCO1. The number of nitrogens with zero attached hydrogens (tertiary/aromatic N) is 2. The van der Waals surface area contributed by atoms with Gasteiger partial charge in [-0.05, 0) is 44.7 Å². The Balaban J connectivity index is 1.40. The Morgan fingerprint density at radius 2 is 2.20 bits per heavy atom. The summed E-state index contributed by atoms with van der Waals surface area (Å²) in [6.07, 6.45) is 4.20. The zero-order valence-electron chi connectivity index (χ0n) is 14.6. The molecule has 3 atom stereocenters. The lowest BCUT2D eigenvalue weighted by molar-refractivity contribution is 0.0821. The molecule has 0 saturated carbocycles. The van der Waals surface area contributed by atoms with E-state index in [-0.39, 0.29) is 24.1 Å². The highest BCUT2D eigenvalue weighted by Crippen LogP contribution is 2.29. The molecule has 1 aromatic heterocycles. The Morgan fingerprint density at radius 1 is 1.32 bits per heavy atom. The van der Waals surface area contributed by atoms with Gasteiger partial charge >= 0.3 is 6.03 Å². The number of hydrogen-bond donors (Lipinski definition) is 1. The van der Waals surface area contributed by atoms with Gasteiger partial charge in [-0.1, -0.05) is 12.1 Å². The first-order chi connectivity index (χ1) is 12.2. The number of rotatable bonds is 3. The van der Waals surface area contributed by atoms with Crippen molar-refractivity contribution in [2.24, 2.45) is 0 Å². The van der Waals surface area contributed by atoms with Crippen LogP contribution in [0.15, 0.2) is 28.7 Å². The Kier molecular flexibility index (Phi) is 4.61. The Morgan fingerprint density at radius 3 is 3.00 bits per heavy atom. The van der Waals surface area contributed by atoms with Crippen molar-refractivity contribution in [3.05, 3.63) is 30.2 Å². The largest absolute Gasteiger partial charge is 0.440 e. The monoisotopic (exact) mass is 343 g/mol. The van der Waals surface area contributed by atoms with Gasteiger partial charge in [-0.25, -0.2) is 9.78 Å². The maximum atomic E-state index is 12.6. The molecule has 2 saturated heterocycles. The highest BCUT2D eigenvalue weighted by Gasteiger charge is 2.30. The van der Waals surface area contributed by atoms with E-state index in [0.29, 0.717) is 6.54 Å². The highest BCUT2D eigenvalue weighted by atomic mass is 16.5. The average Bonchev–Trinajstić information content (AvgIpc) is 3.31. The summed E-state index contributed by atoms with van der Waals surface area (Å²) in [6.45, 7) is 4.25. The first-order valence-electron chi connectivity index (χ1n) is 9.23. The van der Waals surface area contributed by atoms with Crippen LogP contribution < -0.4 is 5.32 Å². The number of likely N-dealkylation sites (tertiary alicyclic amines) is 1. The van der Waals surface area contributed by atoms with Crippen molar-refractivity contribution in [1.29, 1.82) is 0 Å². The molecule has 0 radical (unpaired) electrons. The normalized spacial score (nSPS) is 25.2. The smallest absolute Gasteiger partial charge is 0.317 e. The molecule has 4 rings (SSSR count). The van der Waals surface area contributed by atoms with Crippen LogP contribution >= 0.6 is 0 Å². The van der Waals surface area contributed by atoms with Crippen LogP contribution in [0.3, 0.4) is 0 Å². The topological polar surface area (TPSA) is 67.6 Å². The fourth-order valence-corrected chi connectivity index (χ4v) is 3.80. The molecule has 1 N–H and O–H groups in total. The van der Waals surface area contributed by atoms with Crippen LogP contribution in [0.4, 0.5) is 4.79 Å². The number of benzene rings is 1. The summed E-state index contributed by atoms with van der Waals surface area (Å²) in [7, 11) is 0. The van der Waals surface area contributed by atoms with E-state index < -0.39 is 0 Å². The van der Waals surface area contributed by atoms with Crippen LogP contribution in [-0.2, 0) is 4.74 Å². The second kappa shape index (κ2) is 7.04. The predicted octanol–water partition coefficient (Wildman–Crippen LogP) is 3.28. The van der Waals surface area contributed by atoms with Gasteiger partial charge in [0.25, 0.3) is 0 Å². The molecule has 2 aliphatic rings. The summed E-state index contributed by atoms with van der Waals surface area (Å²) in [5.74, 6) is 0.899. The first-order valence-corrected chi connectivity index (χ1v) is 9.23. The zero-order valence-corrected chi connectivity index (χ0v) is 14.6. The summed E-state index contributed by atoms with van der Waals surface area (Å²) < 4.78 is 11.6. The lowest BCUT2D eigenvalue weighted by Crippen LogP contribution is -2.50. The van der Waals surface area contributed by atoms with Crippen molar-refractivity contribution in [3.63, 3.8) is 0 Å². The minimum absolute atomic E-state index is 0.0104. The van der Waals surface area contributed by atoms with Crippen molar-refractivity contribution in [2.45, 2.75) is 50.7 Å². The molecule has 0 bridgehead atoms. The van der Waals surface area contributed by atoms with Crippen LogP contribution in [-0.4, -0.2) is 47.8 Å².